The summed E-state index contributed by atoms with van der Waals surface area (Å²) in [6, 6.07) is 12.5. The van der Waals surface area contributed by atoms with Gasteiger partial charge in [-0.15, -0.1) is 0 Å². The van der Waals surface area contributed by atoms with Crippen LogP contribution in [0.1, 0.15) is 22.3 Å². The molecule has 0 aliphatic carbocycles. The first-order valence-electron chi connectivity index (χ1n) is 6.37. The van der Waals surface area contributed by atoms with Crippen molar-refractivity contribution >= 4 is 5.78 Å². The summed E-state index contributed by atoms with van der Waals surface area (Å²) in [5, 5.41) is 0. The average molecular weight is 256 g/mol. The van der Waals surface area contributed by atoms with E-state index in [1.165, 1.54) is 12.1 Å². The molecule has 0 atom stereocenters. The first-order valence-corrected chi connectivity index (χ1v) is 6.37. The van der Waals surface area contributed by atoms with Gasteiger partial charge in [0.25, 0.3) is 0 Å². The number of ketones is 1. The van der Waals surface area contributed by atoms with Gasteiger partial charge in [0.1, 0.15) is 11.6 Å². The molecule has 0 unspecified atom stereocenters. The molecule has 0 heterocycles. The lowest BCUT2D eigenvalue weighted by atomic mass is 9.99. The maximum Gasteiger partial charge on any atom is 0.141 e. The lowest BCUT2D eigenvalue weighted by Crippen LogP contribution is -2.08. The first kappa shape index (κ1) is 13.5. The van der Waals surface area contributed by atoms with E-state index < -0.39 is 0 Å². The maximum atomic E-state index is 13.2. The van der Waals surface area contributed by atoms with Crippen LogP contribution in [-0.4, -0.2) is 5.78 Å². The normalized spacial score (nSPS) is 10.5. The molecule has 0 aliphatic rings. The zero-order valence-corrected chi connectivity index (χ0v) is 11.2. The van der Waals surface area contributed by atoms with Crippen LogP contribution in [-0.2, 0) is 17.6 Å². The highest BCUT2D eigenvalue weighted by Crippen LogP contribution is 2.13. The summed E-state index contributed by atoms with van der Waals surface area (Å²) >= 11 is 0. The van der Waals surface area contributed by atoms with Crippen molar-refractivity contribution in [2.24, 2.45) is 0 Å². The lowest BCUT2D eigenvalue weighted by molar-refractivity contribution is -0.117. The van der Waals surface area contributed by atoms with Crippen molar-refractivity contribution < 1.29 is 9.18 Å². The van der Waals surface area contributed by atoms with Gasteiger partial charge in [-0.1, -0.05) is 35.9 Å². The summed E-state index contributed by atoms with van der Waals surface area (Å²) in [7, 11) is 0. The van der Waals surface area contributed by atoms with E-state index in [-0.39, 0.29) is 18.0 Å². The van der Waals surface area contributed by atoms with Crippen LogP contribution in [0.4, 0.5) is 4.39 Å². The first-order chi connectivity index (χ1) is 9.04. The zero-order chi connectivity index (χ0) is 13.8. The van der Waals surface area contributed by atoms with Crippen LogP contribution in [0.3, 0.4) is 0 Å². The fourth-order valence-electron chi connectivity index (χ4n) is 2.16. The number of halogens is 1. The van der Waals surface area contributed by atoms with Gasteiger partial charge in [0.05, 0.1) is 0 Å². The van der Waals surface area contributed by atoms with E-state index in [1.54, 1.807) is 6.07 Å². The second kappa shape index (κ2) is 5.79. The van der Waals surface area contributed by atoms with Crippen LogP contribution in [0.15, 0.2) is 42.5 Å². The minimum absolute atomic E-state index is 0.110. The Kier molecular flexibility index (Phi) is 4.10. The van der Waals surface area contributed by atoms with E-state index in [1.807, 2.05) is 38.1 Å². The third kappa shape index (κ3) is 3.75. The molecule has 2 aromatic carbocycles. The Morgan fingerprint density at radius 2 is 1.84 bits per heavy atom. The van der Waals surface area contributed by atoms with Gasteiger partial charge in [0.15, 0.2) is 0 Å². The van der Waals surface area contributed by atoms with Crippen molar-refractivity contribution in [1.29, 1.82) is 0 Å². The van der Waals surface area contributed by atoms with Gasteiger partial charge in [-0.3, -0.25) is 4.79 Å². The Morgan fingerprint density at radius 3 is 2.58 bits per heavy atom. The van der Waals surface area contributed by atoms with Crippen LogP contribution in [0.25, 0.3) is 0 Å². The fraction of sp³-hybridized carbons (Fsp3) is 0.235. The molecule has 2 rings (SSSR count). The molecule has 0 saturated carbocycles. The van der Waals surface area contributed by atoms with Gasteiger partial charge in [-0.2, -0.15) is 0 Å². The standard InChI is InChI=1S/C17H17FO/c1-12-4-3-5-14(8-12)9-17(19)11-15-10-16(18)7-6-13(15)2/h3-8,10H,9,11H2,1-2H3. The topological polar surface area (TPSA) is 17.1 Å². The molecular formula is C17H17FO. The number of benzene rings is 2. The Bertz CT molecular complexity index is 602. The van der Waals surface area contributed by atoms with E-state index >= 15 is 0 Å². The second-order valence-electron chi connectivity index (χ2n) is 4.95. The largest absolute Gasteiger partial charge is 0.299 e. The highest BCUT2D eigenvalue weighted by atomic mass is 19.1. The molecule has 0 saturated heterocycles. The fourth-order valence-corrected chi connectivity index (χ4v) is 2.16. The van der Waals surface area contributed by atoms with E-state index in [2.05, 4.69) is 0 Å². The number of rotatable bonds is 4. The number of carbonyl (C=O) groups excluding carboxylic acids is 1. The monoisotopic (exact) mass is 256 g/mol. The molecule has 1 nitrogen and oxygen atoms in total. The number of aryl methyl sites for hydroxylation is 2. The van der Waals surface area contributed by atoms with E-state index in [0.29, 0.717) is 6.42 Å². The molecule has 0 bridgehead atoms. The van der Waals surface area contributed by atoms with Crippen molar-refractivity contribution in [1.82, 2.24) is 0 Å². The Morgan fingerprint density at radius 1 is 1.05 bits per heavy atom. The summed E-state index contributed by atoms with van der Waals surface area (Å²) in [5.74, 6) is -0.178. The molecule has 2 aromatic rings. The minimum Gasteiger partial charge on any atom is -0.299 e. The molecule has 0 amide bonds. The van der Waals surface area contributed by atoms with Crippen LogP contribution in [0.5, 0.6) is 0 Å². The van der Waals surface area contributed by atoms with Gasteiger partial charge in [-0.05, 0) is 42.7 Å². The molecule has 0 aliphatic heterocycles. The van der Waals surface area contributed by atoms with Gasteiger partial charge in [0, 0.05) is 12.8 Å². The quantitative estimate of drug-likeness (QED) is 0.813. The minimum atomic E-state index is -0.288. The lowest BCUT2D eigenvalue weighted by Gasteiger charge is -2.06. The van der Waals surface area contributed by atoms with E-state index in [4.69, 9.17) is 0 Å². The van der Waals surface area contributed by atoms with Crippen molar-refractivity contribution in [3.05, 3.63) is 70.5 Å². The molecule has 0 spiro atoms. The summed E-state index contributed by atoms with van der Waals surface area (Å²) in [6.45, 7) is 3.90. The molecule has 0 N–H and O–H groups in total. The van der Waals surface area contributed by atoms with Gasteiger partial charge < -0.3 is 0 Å². The molecule has 0 radical (unpaired) electrons. The Hall–Kier alpha value is -1.96. The second-order valence-corrected chi connectivity index (χ2v) is 4.95. The SMILES string of the molecule is Cc1cccc(CC(=O)Cc2cc(F)ccc2C)c1. The molecule has 98 valence electrons. The van der Waals surface area contributed by atoms with Crippen LogP contribution in [0, 0.1) is 19.7 Å². The summed E-state index contributed by atoms with van der Waals surface area (Å²) < 4.78 is 13.2. The predicted molar refractivity (Wildman–Crippen MR) is 74.7 cm³/mol. The zero-order valence-electron chi connectivity index (χ0n) is 11.2. The highest BCUT2D eigenvalue weighted by molar-refractivity contribution is 5.83. The van der Waals surface area contributed by atoms with Crippen molar-refractivity contribution in [2.75, 3.05) is 0 Å². The molecule has 19 heavy (non-hydrogen) atoms. The Labute approximate surface area is 113 Å². The van der Waals surface area contributed by atoms with Gasteiger partial charge in [-0.25, -0.2) is 4.39 Å². The maximum absolute atomic E-state index is 13.2. The highest BCUT2D eigenvalue weighted by Gasteiger charge is 2.08. The van der Waals surface area contributed by atoms with E-state index in [0.717, 1.165) is 22.3 Å². The molecule has 0 fully saturated rings. The Balaban J connectivity index is 2.07. The van der Waals surface area contributed by atoms with Crippen molar-refractivity contribution in [3.8, 4) is 0 Å². The van der Waals surface area contributed by atoms with Crippen LogP contribution >= 0.6 is 0 Å². The van der Waals surface area contributed by atoms with Crippen molar-refractivity contribution in [2.45, 2.75) is 26.7 Å². The summed E-state index contributed by atoms with van der Waals surface area (Å²) in [6.07, 6.45) is 0.690. The smallest absolute Gasteiger partial charge is 0.141 e. The van der Waals surface area contributed by atoms with Crippen molar-refractivity contribution in [3.63, 3.8) is 0 Å². The predicted octanol–water partition coefficient (Wildman–Crippen LogP) is 3.80. The number of hydrogen-bond donors (Lipinski definition) is 0. The average Bonchev–Trinajstić information content (AvgIpc) is 2.34. The van der Waals surface area contributed by atoms with Crippen LogP contribution in [0.2, 0.25) is 0 Å². The van der Waals surface area contributed by atoms with E-state index in [9.17, 15) is 9.18 Å². The third-order valence-corrected chi connectivity index (χ3v) is 3.18. The van der Waals surface area contributed by atoms with Gasteiger partial charge in [0.2, 0.25) is 0 Å². The van der Waals surface area contributed by atoms with Crippen LogP contribution < -0.4 is 0 Å². The number of hydrogen-bond acceptors (Lipinski definition) is 1. The summed E-state index contributed by atoms with van der Waals surface area (Å²) in [4.78, 5) is 12.0. The van der Waals surface area contributed by atoms with Gasteiger partial charge >= 0.3 is 0 Å². The molecule has 2 heteroatoms. The third-order valence-electron chi connectivity index (χ3n) is 3.18. The number of Topliss-reactive ketones (excluding diaryl/α,β-unsaturated/α-hetero) is 1. The number of carbonyl (C=O) groups is 1. The summed E-state index contributed by atoms with van der Waals surface area (Å²) in [5.41, 5.74) is 3.89. The molecular weight excluding hydrogens is 239 g/mol. The molecule has 0 aromatic heterocycles.